The fourth-order valence-electron chi connectivity index (χ4n) is 1.09. The lowest BCUT2D eigenvalue weighted by molar-refractivity contribution is -0.103. The molecular weight excluding hydrogens is 160 g/mol. The van der Waals surface area contributed by atoms with Crippen molar-refractivity contribution in [3.8, 4) is 0 Å². The number of hydrogen-bond donors (Lipinski definition) is 0. The topological polar surface area (TPSA) is 17.1 Å². The molecule has 0 bridgehead atoms. The molecule has 1 rings (SSSR count). The highest BCUT2D eigenvalue weighted by Crippen LogP contribution is 2.12. The van der Waals surface area contributed by atoms with Gasteiger partial charge in [0.15, 0.2) is 0 Å². The Balaban J connectivity index is 3.04. The fourth-order valence-corrected chi connectivity index (χ4v) is 1.09. The molecule has 0 amide bonds. The summed E-state index contributed by atoms with van der Waals surface area (Å²) < 4.78 is 7.72. The number of carbonyl (C=O) groups excluding carboxylic acids is 1. The zero-order chi connectivity index (χ0) is 10.4. The zero-order valence-corrected chi connectivity index (χ0v) is 7.79. The highest BCUT2D eigenvalue weighted by atomic mass is 16.1. The normalized spacial score (nSPS) is 13.2. The number of aldehydes is 1. The Morgan fingerprint density at radius 1 is 1.46 bits per heavy atom. The summed E-state index contributed by atoms with van der Waals surface area (Å²) in [5.74, 6) is 0. The van der Waals surface area contributed by atoms with Gasteiger partial charge in [0.25, 0.3) is 0 Å². The molecule has 1 heteroatoms. The second-order valence-corrected chi connectivity index (χ2v) is 2.82. The summed E-state index contributed by atoms with van der Waals surface area (Å²) >= 11 is 0. The molecule has 68 valence electrons. The SMILES string of the molecule is [2H]/C(CCC)=C(/C=O)c1ccccc1. The van der Waals surface area contributed by atoms with Crippen LogP contribution in [0.5, 0.6) is 0 Å². The molecule has 13 heavy (non-hydrogen) atoms. The van der Waals surface area contributed by atoms with Crippen LogP contribution in [-0.2, 0) is 4.79 Å². The summed E-state index contributed by atoms with van der Waals surface area (Å²) in [7, 11) is 0. The molecule has 0 saturated heterocycles. The van der Waals surface area contributed by atoms with E-state index < -0.39 is 0 Å². The van der Waals surface area contributed by atoms with Gasteiger partial charge in [-0.3, -0.25) is 4.79 Å². The van der Waals surface area contributed by atoms with Crippen molar-refractivity contribution in [2.45, 2.75) is 19.8 Å². The average Bonchev–Trinajstić information content (AvgIpc) is 2.21. The van der Waals surface area contributed by atoms with Crippen molar-refractivity contribution in [1.29, 1.82) is 0 Å². The number of carbonyl (C=O) groups is 1. The first-order valence-corrected chi connectivity index (χ1v) is 4.50. The van der Waals surface area contributed by atoms with Crippen LogP contribution in [0.15, 0.2) is 36.4 Å². The Morgan fingerprint density at radius 3 is 2.69 bits per heavy atom. The van der Waals surface area contributed by atoms with Gasteiger partial charge in [0.2, 0.25) is 0 Å². The first-order chi connectivity index (χ1) is 6.79. The van der Waals surface area contributed by atoms with Crippen LogP contribution >= 0.6 is 0 Å². The Hall–Kier alpha value is -1.37. The van der Waals surface area contributed by atoms with Crippen molar-refractivity contribution < 1.29 is 6.17 Å². The van der Waals surface area contributed by atoms with E-state index in [1.54, 1.807) is 0 Å². The van der Waals surface area contributed by atoms with Gasteiger partial charge in [-0.05, 0) is 12.0 Å². The minimum Gasteiger partial charge on any atom is -0.298 e. The standard InChI is InChI=1S/C12H14O/c1-2-3-7-12(10-13)11-8-5-4-6-9-11/h4-10H,2-3H2,1H3/b12-7+/i7D. The molecule has 0 fully saturated rings. The maximum Gasteiger partial charge on any atom is 0.150 e. The van der Waals surface area contributed by atoms with Crippen molar-refractivity contribution in [2.75, 3.05) is 0 Å². The molecular formula is C12H14O. The molecule has 0 aliphatic rings. The maximum absolute atomic E-state index is 10.8. The van der Waals surface area contributed by atoms with Crippen LogP contribution < -0.4 is 0 Å². The molecule has 0 spiro atoms. The van der Waals surface area contributed by atoms with Crippen LogP contribution in [0.25, 0.3) is 5.57 Å². The molecule has 0 unspecified atom stereocenters. The van der Waals surface area contributed by atoms with Gasteiger partial charge < -0.3 is 0 Å². The molecule has 0 aromatic heterocycles. The predicted molar refractivity (Wildman–Crippen MR) is 55.4 cm³/mol. The summed E-state index contributed by atoms with van der Waals surface area (Å²) in [6.45, 7) is 2.00. The quantitative estimate of drug-likeness (QED) is 0.507. The van der Waals surface area contributed by atoms with Gasteiger partial charge in [0, 0.05) is 5.57 Å². The third-order valence-corrected chi connectivity index (χ3v) is 1.77. The second kappa shape index (κ2) is 5.31. The second-order valence-electron chi connectivity index (χ2n) is 2.82. The molecule has 1 aromatic rings. The molecule has 1 aromatic carbocycles. The van der Waals surface area contributed by atoms with Crippen molar-refractivity contribution in [3.63, 3.8) is 0 Å². The van der Waals surface area contributed by atoms with Crippen molar-refractivity contribution >= 4 is 11.9 Å². The molecule has 0 aliphatic carbocycles. The van der Waals surface area contributed by atoms with Gasteiger partial charge in [-0.15, -0.1) is 0 Å². The third-order valence-electron chi connectivity index (χ3n) is 1.77. The highest BCUT2D eigenvalue weighted by molar-refractivity contribution is 6.06. The summed E-state index contributed by atoms with van der Waals surface area (Å²) in [6.07, 6.45) is 2.32. The minimum atomic E-state index is 0.425. The van der Waals surface area contributed by atoms with Gasteiger partial charge >= 0.3 is 0 Å². The number of hydrogen-bond acceptors (Lipinski definition) is 1. The zero-order valence-electron chi connectivity index (χ0n) is 8.79. The molecule has 0 radical (unpaired) electrons. The van der Waals surface area contributed by atoms with Crippen LogP contribution in [0.4, 0.5) is 0 Å². The van der Waals surface area contributed by atoms with Crippen molar-refractivity contribution in [3.05, 3.63) is 41.9 Å². The van der Waals surface area contributed by atoms with Crippen LogP contribution in [0.1, 0.15) is 26.7 Å². The Labute approximate surface area is 80.5 Å². The van der Waals surface area contributed by atoms with Crippen LogP contribution in [-0.4, -0.2) is 6.29 Å². The van der Waals surface area contributed by atoms with E-state index in [1.807, 2.05) is 37.3 Å². The van der Waals surface area contributed by atoms with E-state index in [4.69, 9.17) is 1.37 Å². The average molecular weight is 175 g/mol. The monoisotopic (exact) mass is 175 g/mol. The van der Waals surface area contributed by atoms with Gasteiger partial charge in [-0.25, -0.2) is 0 Å². The van der Waals surface area contributed by atoms with Gasteiger partial charge in [0.1, 0.15) is 6.29 Å². The summed E-state index contributed by atoms with van der Waals surface area (Å²) in [5, 5.41) is 0. The lowest BCUT2D eigenvalue weighted by atomic mass is 10.1. The molecule has 0 saturated carbocycles. The molecule has 1 nitrogen and oxygen atoms in total. The highest BCUT2D eigenvalue weighted by Gasteiger charge is 1.96. The van der Waals surface area contributed by atoms with Crippen molar-refractivity contribution in [1.82, 2.24) is 0 Å². The first kappa shape index (κ1) is 8.24. The Kier molecular flexibility index (Phi) is 3.36. The number of allylic oxidation sites excluding steroid dienone is 2. The fraction of sp³-hybridized carbons (Fsp3) is 0.250. The van der Waals surface area contributed by atoms with Crippen LogP contribution in [0, 0.1) is 0 Å². The minimum absolute atomic E-state index is 0.425. The lowest BCUT2D eigenvalue weighted by Crippen LogP contribution is -1.84. The molecule has 0 aliphatic heterocycles. The van der Waals surface area contributed by atoms with E-state index in [9.17, 15) is 4.79 Å². The van der Waals surface area contributed by atoms with Gasteiger partial charge in [-0.2, -0.15) is 0 Å². The van der Waals surface area contributed by atoms with Crippen molar-refractivity contribution in [2.24, 2.45) is 0 Å². The van der Waals surface area contributed by atoms with E-state index in [-0.39, 0.29) is 0 Å². The number of benzene rings is 1. The van der Waals surface area contributed by atoms with E-state index in [0.717, 1.165) is 18.3 Å². The van der Waals surface area contributed by atoms with Gasteiger partial charge in [0.05, 0.1) is 1.37 Å². The summed E-state index contributed by atoms with van der Waals surface area (Å²) in [6, 6.07) is 9.78. The lowest BCUT2D eigenvalue weighted by Gasteiger charge is -1.98. The third kappa shape index (κ3) is 2.86. The first-order valence-electron chi connectivity index (χ1n) is 5.00. The largest absolute Gasteiger partial charge is 0.298 e. The van der Waals surface area contributed by atoms with E-state index in [2.05, 4.69) is 0 Å². The van der Waals surface area contributed by atoms with Gasteiger partial charge in [-0.1, -0.05) is 49.7 Å². The molecule has 0 atom stereocenters. The van der Waals surface area contributed by atoms with Crippen LogP contribution in [0.2, 0.25) is 0 Å². The number of rotatable bonds is 4. The van der Waals surface area contributed by atoms with E-state index in [1.165, 1.54) is 0 Å². The molecule has 0 N–H and O–H groups in total. The maximum atomic E-state index is 10.8. The van der Waals surface area contributed by atoms with E-state index >= 15 is 0 Å². The molecule has 0 heterocycles. The Bertz CT molecular complexity index is 327. The Morgan fingerprint density at radius 2 is 2.15 bits per heavy atom. The van der Waals surface area contributed by atoms with E-state index in [0.29, 0.717) is 18.0 Å². The summed E-state index contributed by atoms with van der Waals surface area (Å²) in [4.78, 5) is 10.8. The predicted octanol–water partition coefficient (Wildman–Crippen LogP) is 3.07. The van der Waals surface area contributed by atoms with Crippen LogP contribution in [0.3, 0.4) is 0 Å². The summed E-state index contributed by atoms with van der Waals surface area (Å²) in [5.41, 5.74) is 1.34. The smallest absolute Gasteiger partial charge is 0.150 e.